The maximum absolute atomic E-state index is 12.1. The minimum absolute atomic E-state index is 0.0914. The molecule has 2 fully saturated rings. The van der Waals surface area contributed by atoms with Crippen LogP contribution in [0.2, 0.25) is 0 Å². The van der Waals surface area contributed by atoms with Crippen LogP contribution in [-0.2, 0) is 10.2 Å². The van der Waals surface area contributed by atoms with E-state index in [0.29, 0.717) is 5.75 Å². The fraction of sp³-hybridized carbons (Fsp3) is 0.529. The van der Waals surface area contributed by atoms with Crippen LogP contribution in [0.1, 0.15) is 31.2 Å². The molecule has 3 nitrogen and oxygen atoms in total. The zero-order chi connectivity index (χ0) is 15.4. The molecular weight excluding hydrogens is 312 g/mol. The lowest BCUT2D eigenvalue weighted by atomic mass is 9.96. The molecule has 22 heavy (non-hydrogen) atoms. The zero-order valence-corrected chi connectivity index (χ0v) is 14.3. The van der Waals surface area contributed by atoms with E-state index < -0.39 is 0 Å². The highest BCUT2D eigenvalue weighted by Gasteiger charge is 2.44. The Morgan fingerprint density at radius 2 is 1.91 bits per heavy atom. The first kappa shape index (κ1) is 15.8. The number of rotatable bonds is 5. The Kier molecular flexibility index (Phi) is 5.03. The van der Waals surface area contributed by atoms with Crippen LogP contribution in [0, 0.1) is 0 Å². The van der Waals surface area contributed by atoms with E-state index in [2.05, 4.69) is 34.5 Å². The minimum atomic E-state index is 0.0914. The number of carbonyl (C=O) groups is 1. The smallest absolute Gasteiger partial charge is 0.230 e. The summed E-state index contributed by atoms with van der Waals surface area (Å²) in [5, 5.41) is 3.09. The Balaban J connectivity index is 1.42. The third-order valence-electron chi connectivity index (χ3n) is 4.55. The van der Waals surface area contributed by atoms with Crippen LogP contribution in [0.15, 0.2) is 30.3 Å². The van der Waals surface area contributed by atoms with Crippen molar-refractivity contribution in [1.29, 1.82) is 0 Å². The largest absolute Gasteiger partial charge is 0.358 e. The average Bonchev–Trinajstić information content (AvgIpc) is 3.15. The quantitative estimate of drug-likeness (QED) is 0.839. The van der Waals surface area contributed by atoms with Crippen LogP contribution < -0.4 is 5.32 Å². The number of nitrogens with one attached hydrogen (secondary N) is 1. The molecule has 1 heterocycles. The molecule has 1 saturated heterocycles. The van der Waals surface area contributed by atoms with Gasteiger partial charge >= 0.3 is 0 Å². The SMILES string of the molecule is O=C(CSC(=S)N1CCCC1)NCC1(c2ccccc2)CC1. The van der Waals surface area contributed by atoms with Crippen LogP contribution in [0.4, 0.5) is 0 Å². The first-order chi connectivity index (χ1) is 10.7. The van der Waals surface area contributed by atoms with E-state index in [1.165, 1.54) is 30.2 Å². The van der Waals surface area contributed by atoms with Crippen LogP contribution in [-0.4, -0.2) is 40.5 Å². The molecule has 0 aromatic heterocycles. The fourth-order valence-corrected chi connectivity index (χ4v) is 4.03. The Morgan fingerprint density at radius 3 is 2.55 bits per heavy atom. The van der Waals surface area contributed by atoms with Crippen molar-refractivity contribution >= 4 is 34.2 Å². The van der Waals surface area contributed by atoms with E-state index in [-0.39, 0.29) is 11.3 Å². The lowest BCUT2D eigenvalue weighted by molar-refractivity contribution is -0.118. The zero-order valence-electron chi connectivity index (χ0n) is 12.7. The molecule has 1 amide bonds. The summed E-state index contributed by atoms with van der Waals surface area (Å²) in [7, 11) is 0. The normalized spacial score (nSPS) is 19.0. The van der Waals surface area contributed by atoms with Gasteiger partial charge < -0.3 is 10.2 Å². The number of benzene rings is 1. The van der Waals surface area contributed by atoms with Crippen LogP contribution in [0.5, 0.6) is 0 Å². The van der Waals surface area contributed by atoms with Crippen LogP contribution in [0.25, 0.3) is 0 Å². The molecule has 0 unspecified atom stereocenters. The predicted molar refractivity (Wildman–Crippen MR) is 96.2 cm³/mol. The second-order valence-corrected chi connectivity index (χ2v) is 7.78. The molecule has 1 saturated carbocycles. The molecule has 1 aliphatic heterocycles. The summed E-state index contributed by atoms with van der Waals surface area (Å²) in [6.45, 7) is 2.84. The lowest BCUT2D eigenvalue weighted by Crippen LogP contribution is -2.34. The van der Waals surface area contributed by atoms with Gasteiger partial charge in [0.1, 0.15) is 4.32 Å². The first-order valence-corrected chi connectivity index (χ1v) is 9.33. The first-order valence-electron chi connectivity index (χ1n) is 7.94. The van der Waals surface area contributed by atoms with Gasteiger partial charge in [-0.2, -0.15) is 0 Å². The van der Waals surface area contributed by atoms with E-state index in [1.807, 2.05) is 6.07 Å². The van der Waals surface area contributed by atoms with Gasteiger partial charge in [0.05, 0.1) is 5.75 Å². The molecule has 2 aliphatic rings. The maximum Gasteiger partial charge on any atom is 0.230 e. The van der Waals surface area contributed by atoms with Gasteiger partial charge in [-0.3, -0.25) is 4.79 Å². The molecule has 118 valence electrons. The highest BCUT2D eigenvalue weighted by molar-refractivity contribution is 8.23. The van der Waals surface area contributed by atoms with E-state index in [1.54, 1.807) is 0 Å². The molecule has 0 radical (unpaired) electrons. The summed E-state index contributed by atoms with van der Waals surface area (Å²) in [5.41, 5.74) is 1.52. The van der Waals surface area contributed by atoms with Gasteiger partial charge in [-0.25, -0.2) is 0 Å². The second kappa shape index (κ2) is 7.01. The summed E-state index contributed by atoms with van der Waals surface area (Å²) in [6.07, 6.45) is 4.76. The van der Waals surface area contributed by atoms with Gasteiger partial charge in [-0.05, 0) is 31.2 Å². The average molecular weight is 335 g/mol. The van der Waals surface area contributed by atoms with Crippen molar-refractivity contribution in [2.24, 2.45) is 0 Å². The Labute approximate surface area is 141 Å². The Hall–Kier alpha value is -1.07. The van der Waals surface area contributed by atoms with Crippen molar-refractivity contribution in [3.63, 3.8) is 0 Å². The van der Waals surface area contributed by atoms with Crippen LogP contribution >= 0.6 is 24.0 Å². The number of thiocarbonyl (C=S) groups is 1. The molecular formula is C17H22N2OS2. The highest BCUT2D eigenvalue weighted by Crippen LogP contribution is 2.47. The monoisotopic (exact) mass is 334 g/mol. The number of hydrogen-bond donors (Lipinski definition) is 1. The van der Waals surface area contributed by atoms with Crippen LogP contribution in [0.3, 0.4) is 0 Å². The maximum atomic E-state index is 12.1. The van der Waals surface area contributed by atoms with E-state index in [4.69, 9.17) is 12.2 Å². The van der Waals surface area contributed by atoms with Gasteiger partial charge in [-0.15, -0.1) is 0 Å². The van der Waals surface area contributed by atoms with Gasteiger partial charge in [0.2, 0.25) is 5.91 Å². The molecule has 0 spiro atoms. The number of amides is 1. The number of likely N-dealkylation sites (tertiary alicyclic amines) is 1. The predicted octanol–water partition coefficient (Wildman–Crippen LogP) is 2.95. The molecule has 1 aromatic carbocycles. The summed E-state index contributed by atoms with van der Waals surface area (Å²) in [6, 6.07) is 10.5. The number of carbonyl (C=O) groups excluding carboxylic acids is 1. The molecule has 1 aromatic rings. The van der Waals surface area contributed by atoms with Gasteiger partial charge in [0.15, 0.2) is 0 Å². The van der Waals surface area contributed by atoms with E-state index >= 15 is 0 Å². The van der Waals surface area contributed by atoms with Crippen molar-refractivity contribution in [2.45, 2.75) is 31.1 Å². The molecule has 0 atom stereocenters. The number of nitrogens with zero attached hydrogens (tertiary/aromatic N) is 1. The van der Waals surface area contributed by atoms with Gasteiger partial charge in [0.25, 0.3) is 0 Å². The van der Waals surface area contributed by atoms with Crippen molar-refractivity contribution < 1.29 is 4.79 Å². The summed E-state index contributed by atoms with van der Waals surface area (Å²) < 4.78 is 0.872. The number of thioether (sulfide) groups is 1. The van der Waals surface area contributed by atoms with Gasteiger partial charge in [0, 0.05) is 25.0 Å². The fourth-order valence-electron chi connectivity index (χ4n) is 2.95. The van der Waals surface area contributed by atoms with Crippen molar-refractivity contribution in [3.8, 4) is 0 Å². The number of hydrogen-bond acceptors (Lipinski definition) is 3. The molecule has 0 bridgehead atoms. The molecule has 1 N–H and O–H groups in total. The third kappa shape index (κ3) is 3.82. The minimum Gasteiger partial charge on any atom is -0.358 e. The van der Waals surface area contributed by atoms with Crippen molar-refractivity contribution in [2.75, 3.05) is 25.4 Å². The summed E-state index contributed by atoms with van der Waals surface area (Å²) >= 11 is 6.88. The van der Waals surface area contributed by atoms with E-state index in [9.17, 15) is 4.79 Å². The Bertz CT molecular complexity index is 537. The van der Waals surface area contributed by atoms with Gasteiger partial charge in [-0.1, -0.05) is 54.3 Å². The lowest BCUT2D eigenvalue weighted by Gasteiger charge is -2.18. The summed E-state index contributed by atoms with van der Waals surface area (Å²) in [4.78, 5) is 14.3. The van der Waals surface area contributed by atoms with Crippen molar-refractivity contribution in [1.82, 2.24) is 10.2 Å². The summed E-state index contributed by atoms with van der Waals surface area (Å²) in [5.74, 6) is 0.522. The van der Waals surface area contributed by atoms with Crippen molar-refractivity contribution in [3.05, 3.63) is 35.9 Å². The second-order valence-electron chi connectivity index (χ2n) is 6.17. The van der Waals surface area contributed by atoms with E-state index in [0.717, 1.165) is 36.8 Å². The third-order valence-corrected chi connectivity index (χ3v) is 6.08. The molecule has 5 heteroatoms. The Morgan fingerprint density at radius 1 is 1.23 bits per heavy atom. The topological polar surface area (TPSA) is 32.3 Å². The standard InChI is InChI=1S/C17H22N2OS2/c20-15(12-22-16(21)19-10-4-5-11-19)18-13-17(8-9-17)14-6-2-1-3-7-14/h1-3,6-7H,4-5,8-13H2,(H,18,20). The molecule has 1 aliphatic carbocycles. The molecule has 3 rings (SSSR count). The highest BCUT2D eigenvalue weighted by atomic mass is 32.2.